The third-order valence-electron chi connectivity index (χ3n) is 5.19. The Morgan fingerprint density at radius 3 is 2.15 bits per heavy atom. The van der Waals surface area contributed by atoms with Gasteiger partial charge in [-0.25, -0.2) is 15.0 Å². The maximum atomic E-state index is 13.4. The molecule has 33 heavy (non-hydrogen) atoms. The highest BCUT2D eigenvalue weighted by Crippen LogP contribution is 2.45. The van der Waals surface area contributed by atoms with Gasteiger partial charge in [-0.05, 0) is 77.8 Å². The molecule has 8 heteroatoms. The number of hydrogen-bond acceptors (Lipinski definition) is 4. The van der Waals surface area contributed by atoms with Gasteiger partial charge in [0.05, 0.1) is 12.7 Å². The third kappa shape index (κ3) is 5.90. The number of carbonyl (C=O) groups is 2. The fraction of sp³-hybridized carbons (Fsp3) is 0.240. The molecule has 0 saturated heterocycles. The highest BCUT2D eigenvalue weighted by molar-refractivity contribution is 8.32. The van der Waals surface area contributed by atoms with Gasteiger partial charge in [0.1, 0.15) is 11.8 Å². The molecule has 3 rings (SSSR count). The molecule has 1 unspecified atom stereocenters. The summed E-state index contributed by atoms with van der Waals surface area (Å²) < 4.78 is 18.4. The Hall–Kier alpha value is -3.39. The molecule has 6 nitrogen and oxygen atoms in total. The van der Waals surface area contributed by atoms with E-state index < -0.39 is 27.9 Å². The van der Waals surface area contributed by atoms with Gasteiger partial charge < -0.3 is 15.0 Å². The quantitative estimate of drug-likeness (QED) is 0.508. The van der Waals surface area contributed by atoms with Crippen molar-refractivity contribution in [2.45, 2.75) is 10.9 Å². The Morgan fingerprint density at radius 2 is 1.64 bits per heavy atom. The van der Waals surface area contributed by atoms with Gasteiger partial charge >= 0.3 is 0 Å². The van der Waals surface area contributed by atoms with Crippen molar-refractivity contribution < 1.29 is 18.7 Å². The molecule has 174 valence electrons. The van der Waals surface area contributed by atoms with Gasteiger partial charge in [-0.1, -0.05) is 12.1 Å². The molecule has 0 aliphatic carbocycles. The number of anilines is 1. The molecule has 0 aliphatic rings. The summed E-state index contributed by atoms with van der Waals surface area (Å²) in [5.41, 5.74) is 1.42. The van der Waals surface area contributed by atoms with Crippen LogP contribution in [-0.4, -0.2) is 54.6 Å². The van der Waals surface area contributed by atoms with Crippen LogP contribution in [0, 0.1) is 5.95 Å². The molecule has 0 bridgehead atoms. The lowest BCUT2D eigenvalue weighted by Gasteiger charge is -2.28. The van der Waals surface area contributed by atoms with Gasteiger partial charge in [0.2, 0.25) is 5.95 Å². The fourth-order valence-corrected chi connectivity index (χ4v) is 4.27. The maximum absolute atomic E-state index is 13.4. The van der Waals surface area contributed by atoms with E-state index in [1.165, 1.54) is 22.9 Å². The number of amides is 2. The third-order valence-corrected chi connectivity index (χ3v) is 6.88. The van der Waals surface area contributed by atoms with Crippen LogP contribution in [0.15, 0.2) is 71.8 Å². The molecule has 0 fully saturated rings. The lowest BCUT2D eigenvalue weighted by molar-refractivity contribution is -0.120. The monoisotopic (exact) mass is 469 g/mol. The van der Waals surface area contributed by atoms with E-state index in [4.69, 9.17) is 4.74 Å². The topological polar surface area (TPSA) is 71.5 Å². The molecule has 2 aromatic carbocycles. The minimum atomic E-state index is -0.929. The summed E-state index contributed by atoms with van der Waals surface area (Å²) in [6.45, 7) is 0. The smallest absolute Gasteiger partial charge is 0.256 e. The second-order valence-corrected chi connectivity index (χ2v) is 12.5. The first-order valence-electron chi connectivity index (χ1n) is 10.2. The number of carbonyl (C=O) groups excluding carboxylic acids is 2. The molecule has 3 aromatic rings. The van der Waals surface area contributed by atoms with Crippen molar-refractivity contribution in [2.24, 2.45) is 0 Å². The number of methoxy groups -OCH3 is 1. The van der Waals surface area contributed by atoms with E-state index in [1.807, 2.05) is 24.3 Å². The van der Waals surface area contributed by atoms with Crippen LogP contribution >= 0.6 is 10.0 Å². The number of nitrogens with one attached hydrogen (secondary N) is 1. The van der Waals surface area contributed by atoms with E-state index in [0.717, 1.165) is 12.3 Å². The molecule has 1 atom stereocenters. The van der Waals surface area contributed by atoms with Crippen molar-refractivity contribution in [2.75, 3.05) is 38.2 Å². The molecule has 0 saturated carbocycles. The zero-order valence-electron chi connectivity index (χ0n) is 19.3. The number of nitrogens with zero attached hydrogens (tertiary/aromatic N) is 2. The van der Waals surface area contributed by atoms with Crippen LogP contribution in [0.5, 0.6) is 5.75 Å². The summed E-state index contributed by atoms with van der Waals surface area (Å²) >= 11 is 0. The number of halogens is 1. The van der Waals surface area contributed by atoms with Crippen LogP contribution in [0.1, 0.15) is 22.0 Å². The van der Waals surface area contributed by atoms with Crippen molar-refractivity contribution in [3.63, 3.8) is 0 Å². The van der Waals surface area contributed by atoms with Crippen LogP contribution in [0.4, 0.5) is 10.1 Å². The number of pyridine rings is 1. The maximum Gasteiger partial charge on any atom is 0.256 e. The lowest BCUT2D eigenvalue weighted by atomic mass is 10.0. The average molecular weight is 470 g/mol. The van der Waals surface area contributed by atoms with Gasteiger partial charge in [0.15, 0.2) is 0 Å². The van der Waals surface area contributed by atoms with E-state index in [1.54, 1.807) is 31.4 Å². The summed E-state index contributed by atoms with van der Waals surface area (Å²) in [6.07, 6.45) is 7.76. The number of likely N-dealkylation sites (N-methyl/N-ethyl adjacent to an activating group) is 1. The first kappa shape index (κ1) is 24.3. The van der Waals surface area contributed by atoms with E-state index >= 15 is 0 Å². The minimum Gasteiger partial charge on any atom is -0.497 e. The van der Waals surface area contributed by atoms with Crippen LogP contribution in [-0.2, 0) is 4.79 Å². The Morgan fingerprint density at radius 1 is 1.00 bits per heavy atom. The molecule has 0 aliphatic heterocycles. The van der Waals surface area contributed by atoms with E-state index in [9.17, 15) is 14.0 Å². The number of rotatable bonds is 7. The van der Waals surface area contributed by atoms with Crippen molar-refractivity contribution >= 4 is 27.5 Å². The van der Waals surface area contributed by atoms with E-state index in [2.05, 4.69) is 29.1 Å². The van der Waals surface area contributed by atoms with Crippen molar-refractivity contribution in [1.82, 2.24) is 9.88 Å². The minimum absolute atomic E-state index is 0.183. The van der Waals surface area contributed by atoms with Crippen molar-refractivity contribution in [3.05, 3.63) is 83.9 Å². The lowest BCUT2D eigenvalue weighted by Crippen LogP contribution is -2.38. The molecule has 1 heterocycles. The van der Waals surface area contributed by atoms with E-state index in [0.29, 0.717) is 17.0 Å². The van der Waals surface area contributed by atoms with Gasteiger partial charge in [0, 0.05) is 18.9 Å². The normalized spacial score (nSPS) is 12.5. The van der Waals surface area contributed by atoms with Gasteiger partial charge in [-0.2, -0.15) is 4.39 Å². The predicted octanol–water partition coefficient (Wildman–Crippen LogP) is 4.73. The highest BCUT2D eigenvalue weighted by atomic mass is 32.3. The van der Waals surface area contributed by atoms with Gasteiger partial charge in [-0.15, -0.1) is 0 Å². The van der Waals surface area contributed by atoms with Crippen LogP contribution in [0.2, 0.25) is 0 Å². The first-order valence-corrected chi connectivity index (χ1v) is 13.1. The first-order chi connectivity index (χ1) is 15.6. The van der Waals surface area contributed by atoms with Crippen LogP contribution < -0.4 is 10.1 Å². The number of aromatic nitrogens is 1. The number of hydrogen-bond donors (Lipinski definition) is 1. The Labute approximate surface area is 195 Å². The molecule has 0 spiro atoms. The molecular weight excluding hydrogens is 441 g/mol. The molecular formula is C25H28FN3O3S. The fourth-order valence-electron chi connectivity index (χ4n) is 3.32. The summed E-state index contributed by atoms with van der Waals surface area (Å²) in [5.74, 6) is -0.874. The number of benzene rings is 2. The largest absolute Gasteiger partial charge is 0.497 e. The summed E-state index contributed by atoms with van der Waals surface area (Å²) in [4.78, 5) is 32.5. The second kappa shape index (κ2) is 10.0. The van der Waals surface area contributed by atoms with Crippen molar-refractivity contribution in [3.8, 4) is 5.75 Å². The van der Waals surface area contributed by atoms with Gasteiger partial charge in [0.25, 0.3) is 11.8 Å². The second-order valence-electron chi connectivity index (χ2n) is 8.31. The standard InChI is InChI=1S/C25H28FN3O3S/c1-29(25(31)18-8-15-22(26)27-16-18)23(17-6-11-20(32-2)12-7-17)24(30)28-19-9-13-21(14-10-19)33(3,4)5/h6-16,23H,1-5H3,(H,28,30). The molecule has 0 radical (unpaired) electrons. The highest BCUT2D eigenvalue weighted by Gasteiger charge is 2.30. The van der Waals surface area contributed by atoms with Crippen LogP contribution in [0.25, 0.3) is 0 Å². The zero-order chi connectivity index (χ0) is 24.2. The molecule has 2 amide bonds. The van der Waals surface area contributed by atoms with Crippen molar-refractivity contribution in [1.29, 1.82) is 0 Å². The van der Waals surface area contributed by atoms with E-state index in [-0.39, 0.29) is 11.5 Å². The SMILES string of the molecule is COc1ccc(C(C(=O)Nc2ccc(S(C)(C)C)cc2)N(C)C(=O)c2ccc(F)nc2)cc1. The van der Waals surface area contributed by atoms with Gasteiger partial charge in [-0.3, -0.25) is 9.59 Å². The zero-order valence-corrected chi connectivity index (χ0v) is 20.2. The Bertz CT molecular complexity index is 1110. The number of ether oxygens (including phenoxy) is 1. The predicted molar refractivity (Wildman–Crippen MR) is 131 cm³/mol. The summed E-state index contributed by atoms with van der Waals surface area (Å²) in [7, 11) is 2.21. The Balaban J connectivity index is 1.91. The van der Waals surface area contributed by atoms with Crippen LogP contribution in [0.3, 0.4) is 0 Å². The Kier molecular flexibility index (Phi) is 7.38. The summed E-state index contributed by atoms with van der Waals surface area (Å²) in [6, 6.07) is 16.2. The molecule has 1 aromatic heterocycles. The molecule has 1 N–H and O–H groups in total. The summed E-state index contributed by atoms with van der Waals surface area (Å²) in [5, 5.41) is 2.91. The average Bonchev–Trinajstić information content (AvgIpc) is 2.79.